The number of carbonyl (C=O) groups excluding carboxylic acids is 1. The molecular formula is C20H19N3O4. The van der Waals surface area contributed by atoms with Crippen LogP contribution in [0.5, 0.6) is 0 Å². The minimum absolute atomic E-state index is 0.0606. The zero-order valence-corrected chi connectivity index (χ0v) is 15.1. The molecule has 3 aromatic rings. The summed E-state index contributed by atoms with van der Waals surface area (Å²) in [5, 5.41) is 15.5. The van der Waals surface area contributed by atoms with E-state index in [1.54, 1.807) is 22.9 Å². The third kappa shape index (κ3) is 4.03. The van der Waals surface area contributed by atoms with Crippen LogP contribution in [0.4, 0.5) is 5.69 Å². The number of nitrogens with zero attached hydrogens (tertiary/aromatic N) is 3. The molecule has 0 bridgehead atoms. The van der Waals surface area contributed by atoms with Crippen LogP contribution in [0.15, 0.2) is 54.6 Å². The number of benzene rings is 2. The van der Waals surface area contributed by atoms with Gasteiger partial charge in [-0.15, -0.1) is 0 Å². The molecule has 0 radical (unpaired) electrons. The lowest BCUT2D eigenvalue weighted by Crippen LogP contribution is -2.10. The minimum Gasteiger partial charge on any atom is -0.460 e. The van der Waals surface area contributed by atoms with Crippen molar-refractivity contribution in [2.75, 3.05) is 0 Å². The lowest BCUT2D eigenvalue weighted by Gasteiger charge is -2.07. The molecule has 7 nitrogen and oxygen atoms in total. The number of aromatic nitrogens is 2. The van der Waals surface area contributed by atoms with Gasteiger partial charge in [0.2, 0.25) is 0 Å². The molecular weight excluding hydrogens is 346 g/mol. The number of hydrogen-bond donors (Lipinski definition) is 0. The summed E-state index contributed by atoms with van der Waals surface area (Å²) >= 11 is 0. The van der Waals surface area contributed by atoms with Crippen LogP contribution in [0.3, 0.4) is 0 Å². The number of rotatable bonds is 6. The van der Waals surface area contributed by atoms with Gasteiger partial charge >= 0.3 is 5.97 Å². The van der Waals surface area contributed by atoms with E-state index in [4.69, 9.17) is 4.74 Å². The van der Waals surface area contributed by atoms with Crippen molar-refractivity contribution in [1.29, 1.82) is 0 Å². The molecule has 0 saturated heterocycles. The van der Waals surface area contributed by atoms with Crippen LogP contribution in [0.1, 0.15) is 22.5 Å². The van der Waals surface area contributed by atoms with E-state index in [-0.39, 0.29) is 18.7 Å². The fourth-order valence-electron chi connectivity index (χ4n) is 2.92. The molecule has 138 valence electrons. The Bertz CT molecular complexity index is 980. The van der Waals surface area contributed by atoms with Crippen molar-refractivity contribution in [3.63, 3.8) is 0 Å². The molecule has 1 aromatic heterocycles. The first-order valence-electron chi connectivity index (χ1n) is 8.46. The Balaban J connectivity index is 1.72. The van der Waals surface area contributed by atoms with E-state index in [0.29, 0.717) is 5.56 Å². The van der Waals surface area contributed by atoms with Gasteiger partial charge in [0, 0.05) is 17.3 Å². The molecule has 0 amide bonds. The van der Waals surface area contributed by atoms with Crippen LogP contribution >= 0.6 is 0 Å². The molecule has 0 fully saturated rings. The van der Waals surface area contributed by atoms with Crippen LogP contribution in [0, 0.1) is 24.0 Å². The summed E-state index contributed by atoms with van der Waals surface area (Å²) < 4.78 is 7.06. The molecule has 0 unspecified atom stereocenters. The normalized spacial score (nSPS) is 10.6. The number of para-hydroxylation sites is 2. The average molecular weight is 365 g/mol. The molecule has 2 aromatic carbocycles. The largest absolute Gasteiger partial charge is 0.460 e. The second-order valence-electron chi connectivity index (χ2n) is 6.12. The molecule has 0 aliphatic carbocycles. The maximum Gasteiger partial charge on any atom is 0.310 e. The van der Waals surface area contributed by atoms with Crippen molar-refractivity contribution in [2.24, 2.45) is 0 Å². The van der Waals surface area contributed by atoms with Gasteiger partial charge in [-0.3, -0.25) is 14.9 Å². The first-order valence-corrected chi connectivity index (χ1v) is 8.46. The molecule has 0 saturated carbocycles. The molecule has 27 heavy (non-hydrogen) atoms. The highest BCUT2D eigenvalue weighted by Crippen LogP contribution is 2.21. The van der Waals surface area contributed by atoms with Gasteiger partial charge in [0.1, 0.15) is 6.61 Å². The summed E-state index contributed by atoms with van der Waals surface area (Å²) in [6.45, 7) is 3.61. The summed E-state index contributed by atoms with van der Waals surface area (Å²) in [4.78, 5) is 22.8. The smallest absolute Gasteiger partial charge is 0.310 e. The van der Waals surface area contributed by atoms with Crippen LogP contribution in [0.2, 0.25) is 0 Å². The van der Waals surface area contributed by atoms with E-state index in [0.717, 1.165) is 22.6 Å². The summed E-state index contributed by atoms with van der Waals surface area (Å²) in [5.41, 5.74) is 3.63. The van der Waals surface area contributed by atoms with Gasteiger partial charge in [0.15, 0.2) is 0 Å². The Morgan fingerprint density at radius 3 is 2.48 bits per heavy atom. The molecule has 0 aliphatic rings. The van der Waals surface area contributed by atoms with E-state index in [2.05, 4.69) is 5.10 Å². The number of esters is 1. The molecule has 0 N–H and O–H groups in total. The van der Waals surface area contributed by atoms with Crippen molar-refractivity contribution in [3.8, 4) is 5.69 Å². The monoisotopic (exact) mass is 365 g/mol. The number of ether oxygens (including phenoxy) is 1. The van der Waals surface area contributed by atoms with Crippen molar-refractivity contribution < 1.29 is 14.5 Å². The van der Waals surface area contributed by atoms with Crippen LogP contribution in [-0.2, 0) is 22.6 Å². The Hall–Kier alpha value is -3.48. The standard InChI is InChI=1S/C20H19N3O4/c1-14-18(15(2)22(21-14)17-9-4-3-5-10-17)12-20(24)27-13-16-8-6-7-11-19(16)23(25)26/h3-11H,12-13H2,1-2H3. The third-order valence-corrected chi connectivity index (χ3v) is 4.34. The SMILES string of the molecule is Cc1nn(-c2ccccc2)c(C)c1CC(=O)OCc1ccccc1[N+](=O)[O-]. The molecule has 0 spiro atoms. The second kappa shape index (κ2) is 7.82. The van der Waals surface area contributed by atoms with E-state index in [9.17, 15) is 14.9 Å². The Labute approximate surface area is 156 Å². The Kier molecular flexibility index (Phi) is 5.30. The fourth-order valence-corrected chi connectivity index (χ4v) is 2.92. The second-order valence-corrected chi connectivity index (χ2v) is 6.12. The molecule has 3 rings (SSSR count). The van der Waals surface area contributed by atoms with E-state index >= 15 is 0 Å². The number of nitro benzene ring substituents is 1. The van der Waals surface area contributed by atoms with Gasteiger partial charge in [-0.1, -0.05) is 30.3 Å². The van der Waals surface area contributed by atoms with E-state index in [1.807, 2.05) is 44.2 Å². The number of hydrogen-bond acceptors (Lipinski definition) is 5. The quantitative estimate of drug-likeness (QED) is 0.378. The summed E-state index contributed by atoms with van der Waals surface area (Å²) in [5.74, 6) is -0.452. The predicted octanol–water partition coefficient (Wildman–Crippen LogP) is 3.68. The molecule has 7 heteroatoms. The van der Waals surface area contributed by atoms with E-state index < -0.39 is 10.9 Å². The first-order chi connectivity index (χ1) is 13.0. The summed E-state index contributed by atoms with van der Waals surface area (Å²) in [6.07, 6.45) is 0.0606. The Morgan fingerprint density at radius 1 is 1.11 bits per heavy atom. The maximum atomic E-state index is 12.3. The maximum absolute atomic E-state index is 12.3. The number of nitro groups is 1. The zero-order chi connectivity index (χ0) is 19.4. The fraction of sp³-hybridized carbons (Fsp3) is 0.200. The summed E-state index contributed by atoms with van der Waals surface area (Å²) in [6, 6.07) is 15.9. The highest BCUT2D eigenvalue weighted by Gasteiger charge is 2.18. The van der Waals surface area contributed by atoms with Gasteiger partial charge in [-0.2, -0.15) is 5.10 Å². The third-order valence-electron chi connectivity index (χ3n) is 4.34. The lowest BCUT2D eigenvalue weighted by molar-refractivity contribution is -0.385. The van der Waals surface area contributed by atoms with E-state index in [1.165, 1.54) is 6.07 Å². The average Bonchev–Trinajstić information content (AvgIpc) is 2.95. The van der Waals surface area contributed by atoms with Crippen LogP contribution in [0.25, 0.3) is 5.69 Å². The van der Waals surface area contributed by atoms with Gasteiger partial charge in [-0.05, 0) is 32.0 Å². The number of carbonyl (C=O) groups is 1. The minimum atomic E-state index is -0.485. The Morgan fingerprint density at radius 2 is 1.78 bits per heavy atom. The first kappa shape index (κ1) is 18.3. The highest BCUT2D eigenvalue weighted by molar-refractivity contribution is 5.73. The highest BCUT2D eigenvalue weighted by atomic mass is 16.6. The van der Waals surface area contributed by atoms with Crippen molar-refractivity contribution in [2.45, 2.75) is 26.9 Å². The van der Waals surface area contributed by atoms with Gasteiger partial charge < -0.3 is 4.74 Å². The predicted molar refractivity (Wildman–Crippen MR) is 99.6 cm³/mol. The molecule has 0 aliphatic heterocycles. The van der Waals surface area contributed by atoms with Gasteiger partial charge in [-0.25, -0.2) is 4.68 Å². The van der Waals surface area contributed by atoms with Gasteiger partial charge in [0.05, 0.1) is 28.3 Å². The molecule has 1 heterocycles. The topological polar surface area (TPSA) is 87.3 Å². The zero-order valence-electron chi connectivity index (χ0n) is 15.1. The van der Waals surface area contributed by atoms with Crippen molar-refractivity contribution >= 4 is 11.7 Å². The van der Waals surface area contributed by atoms with Gasteiger partial charge in [0.25, 0.3) is 5.69 Å². The van der Waals surface area contributed by atoms with Crippen LogP contribution < -0.4 is 0 Å². The van der Waals surface area contributed by atoms with Crippen molar-refractivity contribution in [1.82, 2.24) is 9.78 Å². The van der Waals surface area contributed by atoms with Crippen LogP contribution in [-0.4, -0.2) is 20.7 Å². The number of aryl methyl sites for hydroxylation is 1. The molecule has 0 atom stereocenters. The summed E-state index contributed by atoms with van der Waals surface area (Å²) in [7, 11) is 0. The van der Waals surface area contributed by atoms with Crippen molar-refractivity contribution in [3.05, 3.63) is 87.2 Å². The lowest BCUT2D eigenvalue weighted by atomic mass is 10.1.